The molecule has 0 aliphatic carbocycles. The molecule has 7 heteroatoms. The van der Waals surface area contributed by atoms with E-state index in [2.05, 4.69) is 71.3 Å². The highest BCUT2D eigenvalue weighted by Crippen LogP contribution is 2.26. The van der Waals surface area contributed by atoms with Crippen molar-refractivity contribution in [1.29, 1.82) is 0 Å². The van der Waals surface area contributed by atoms with E-state index in [-0.39, 0.29) is 35.3 Å². The standard InChI is InChI=1S/C23H32N4OS.HI/c1-23(2,20-10-7-15-29-20)17-26-22(24-3)25-13-6-11-21(28)27-14-12-18-8-4-5-9-19(18)16-27;/h4-5,7-10,15H,6,11-14,16-17H2,1-3H3,(H2,24,25,26);1H. The van der Waals surface area contributed by atoms with Gasteiger partial charge in [-0.15, -0.1) is 35.3 Å². The minimum atomic E-state index is 0. The summed E-state index contributed by atoms with van der Waals surface area (Å²) in [6.45, 7) is 7.56. The van der Waals surface area contributed by atoms with Crippen molar-refractivity contribution in [2.75, 3.05) is 26.7 Å². The summed E-state index contributed by atoms with van der Waals surface area (Å²) in [6, 6.07) is 12.7. The molecule has 2 aromatic rings. The van der Waals surface area contributed by atoms with Gasteiger partial charge in [-0.05, 0) is 35.4 Å². The Morgan fingerprint density at radius 3 is 2.63 bits per heavy atom. The smallest absolute Gasteiger partial charge is 0.222 e. The van der Waals surface area contributed by atoms with Gasteiger partial charge in [0.05, 0.1) is 0 Å². The molecule has 0 saturated carbocycles. The Bertz CT molecular complexity index is 835. The van der Waals surface area contributed by atoms with Gasteiger partial charge in [0.15, 0.2) is 5.96 Å². The lowest BCUT2D eigenvalue weighted by Crippen LogP contribution is -2.43. The number of aliphatic imine (C=N–C) groups is 1. The molecule has 0 spiro atoms. The fourth-order valence-corrected chi connectivity index (χ4v) is 4.44. The molecule has 164 valence electrons. The van der Waals surface area contributed by atoms with Crippen LogP contribution in [0.1, 0.15) is 42.7 Å². The molecule has 30 heavy (non-hydrogen) atoms. The molecule has 1 aromatic heterocycles. The number of carbonyl (C=O) groups is 1. The monoisotopic (exact) mass is 540 g/mol. The molecule has 1 aliphatic rings. The largest absolute Gasteiger partial charge is 0.356 e. The Kier molecular flexibility index (Phi) is 9.61. The summed E-state index contributed by atoms with van der Waals surface area (Å²) in [5, 5.41) is 8.86. The number of nitrogens with one attached hydrogen (secondary N) is 2. The number of nitrogens with zero attached hydrogens (tertiary/aromatic N) is 2. The van der Waals surface area contributed by atoms with Crippen molar-refractivity contribution in [2.45, 2.75) is 45.1 Å². The molecular formula is C23H33IN4OS. The number of guanidine groups is 1. The molecule has 3 rings (SSSR count). The predicted octanol–water partition coefficient (Wildman–Crippen LogP) is 4.17. The fraction of sp³-hybridized carbons (Fsp3) is 0.478. The van der Waals surface area contributed by atoms with E-state index in [1.807, 2.05) is 4.90 Å². The first-order chi connectivity index (χ1) is 14.0. The second-order valence-electron chi connectivity index (χ2n) is 8.15. The predicted molar refractivity (Wildman–Crippen MR) is 137 cm³/mol. The lowest BCUT2D eigenvalue weighted by Gasteiger charge is -2.29. The molecule has 0 fully saturated rings. The van der Waals surface area contributed by atoms with E-state index in [9.17, 15) is 4.79 Å². The van der Waals surface area contributed by atoms with E-state index < -0.39 is 0 Å². The summed E-state index contributed by atoms with van der Waals surface area (Å²) < 4.78 is 0. The number of rotatable bonds is 7. The van der Waals surface area contributed by atoms with Crippen molar-refractivity contribution >= 4 is 47.2 Å². The van der Waals surface area contributed by atoms with Crippen LogP contribution in [0, 0.1) is 0 Å². The first-order valence-electron chi connectivity index (χ1n) is 10.3. The van der Waals surface area contributed by atoms with E-state index in [0.29, 0.717) is 6.42 Å². The first-order valence-corrected chi connectivity index (χ1v) is 11.2. The van der Waals surface area contributed by atoms with Crippen LogP contribution in [0.4, 0.5) is 0 Å². The van der Waals surface area contributed by atoms with Crippen LogP contribution in [-0.4, -0.2) is 43.4 Å². The van der Waals surface area contributed by atoms with Crippen LogP contribution in [0.3, 0.4) is 0 Å². The molecule has 1 aromatic carbocycles. The Balaban J connectivity index is 0.00000320. The fourth-order valence-electron chi connectivity index (χ4n) is 3.59. The lowest BCUT2D eigenvalue weighted by molar-refractivity contribution is -0.132. The highest BCUT2D eigenvalue weighted by atomic mass is 127. The highest BCUT2D eigenvalue weighted by molar-refractivity contribution is 14.0. The third kappa shape index (κ3) is 6.70. The van der Waals surface area contributed by atoms with Gasteiger partial charge in [-0.25, -0.2) is 0 Å². The third-order valence-corrected chi connectivity index (χ3v) is 6.69. The summed E-state index contributed by atoms with van der Waals surface area (Å²) in [4.78, 5) is 20.2. The van der Waals surface area contributed by atoms with E-state index >= 15 is 0 Å². The third-order valence-electron chi connectivity index (χ3n) is 5.45. The van der Waals surface area contributed by atoms with Crippen molar-refractivity contribution in [3.05, 3.63) is 57.8 Å². The maximum Gasteiger partial charge on any atom is 0.222 e. The van der Waals surface area contributed by atoms with Gasteiger partial charge in [0, 0.05) is 49.9 Å². The molecule has 0 atom stereocenters. The second-order valence-corrected chi connectivity index (χ2v) is 9.10. The van der Waals surface area contributed by atoms with Gasteiger partial charge >= 0.3 is 0 Å². The Labute approximate surface area is 201 Å². The topological polar surface area (TPSA) is 56.7 Å². The number of fused-ring (bicyclic) bond motifs is 1. The van der Waals surface area contributed by atoms with Crippen molar-refractivity contribution < 1.29 is 4.79 Å². The molecule has 0 saturated heterocycles. The summed E-state index contributed by atoms with van der Waals surface area (Å²) in [5.41, 5.74) is 2.70. The van der Waals surface area contributed by atoms with Crippen molar-refractivity contribution in [3.63, 3.8) is 0 Å². The summed E-state index contributed by atoms with van der Waals surface area (Å²) >= 11 is 1.78. The van der Waals surface area contributed by atoms with Gasteiger partial charge < -0.3 is 15.5 Å². The van der Waals surface area contributed by atoms with Crippen LogP contribution in [0.2, 0.25) is 0 Å². The van der Waals surface area contributed by atoms with E-state index in [4.69, 9.17) is 0 Å². The molecule has 1 amide bonds. The zero-order valence-electron chi connectivity index (χ0n) is 18.1. The average Bonchev–Trinajstić information content (AvgIpc) is 3.28. The van der Waals surface area contributed by atoms with Crippen molar-refractivity contribution in [2.24, 2.45) is 4.99 Å². The lowest BCUT2D eigenvalue weighted by atomic mass is 9.91. The quantitative estimate of drug-likeness (QED) is 0.240. The van der Waals surface area contributed by atoms with Gasteiger partial charge in [-0.3, -0.25) is 9.79 Å². The van der Waals surface area contributed by atoms with E-state index in [1.165, 1.54) is 16.0 Å². The number of thiophene rings is 1. The minimum absolute atomic E-state index is 0. The maximum absolute atomic E-state index is 12.6. The average molecular weight is 541 g/mol. The Morgan fingerprint density at radius 1 is 1.17 bits per heavy atom. The number of hydrogen-bond donors (Lipinski definition) is 2. The molecule has 5 nitrogen and oxygen atoms in total. The van der Waals surface area contributed by atoms with Gasteiger partial charge in [-0.2, -0.15) is 0 Å². The molecule has 0 bridgehead atoms. The van der Waals surface area contributed by atoms with Crippen LogP contribution in [0.15, 0.2) is 46.8 Å². The minimum Gasteiger partial charge on any atom is -0.356 e. The van der Waals surface area contributed by atoms with Crippen LogP contribution in [-0.2, 0) is 23.2 Å². The van der Waals surface area contributed by atoms with Gasteiger partial charge in [-0.1, -0.05) is 44.2 Å². The number of carbonyl (C=O) groups excluding carboxylic acids is 1. The zero-order valence-corrected chi connectivity index (χ0v) is 21.3. The molecular weight excluding hydrogens is 507 g/mol. The van der Waals surface area contributed by atoms with Crippen LogP contribution >= 0.6 is 35.3 Å². The SMILES string of the molecule is CN=C(NCCCC(=O)N1CCc2ccccc2C1)NCC(C)(C)c1cccs1.I. The van der Waals surface area contributed by atoms with Crippen molar-refractivity contribution in [3.8, 4) is 0 Å². The van der Waals surface area contributed by atoms with E-state index in [0.717, 1.165) is 45.0 Å². The van der Waals surface area contributed by atoms with Gasteiger partial charge in [0.2, 0.25) is 5.91 Å². The van der Waals surface area contributed by atoms with Crippen LogP contribution in [0.5, 0.6) is 0 Å². The van der Waals surface area contributed by atoms with Crippen molar-refractivity contribution in [1.82, 2.24) is 15.5 Å². The summed E-state index contributed by atoms with van der Waals surface area (Å²) in [6.07, 6.45) is 2.32. The Morgan fingerprint density at radius 2 is 1.93 bits per heavy atom. The summed E-state index contributed by atoms with van der Waals surface area (Å²) in [7, 11) is 1.78. The number of benzene rings is 1. The van der Waals surface area contributed by atoms with Gasteiger partial charge in [0.1, 0.15) is 0 Å². The molecule has 2 N–H and O–H groups in total. The second kappa shape index (κ2) is 11.7. The summed E-state index contributed by atoms with van der Waals surface area (Å²) in [5.74, 6) is 1.03. The maximum atomic E-state index is 12.6. The highest BCUT2D eigenvalue weighted by Gasteiger charge is 2.22. The van der Waals surface area contributed by atoms with Crippen LogP contribution in [0.25, 0.3) is 0 Å². The molecule has 0 radical (unpaired) electrons. The molecule has 1 aliphatic heterocycles. The number of halogens is 1. The first kappa shape index (κ1) is 24.7. The van der Waals surface area contributed by atoms with Gasteiger partial charge in [0.25, 0.3) is 0 Å². The molecule has 2 heterocycles. The normalized spacial score (nSPS) is 14.0. The number of amides is 1. The Hall–Kier alpha value is -1.61. The van der Waals surface area contributed by atoms with E-state index in [1.54, 1.807) is 18.4 Å². The molecule has 0 unspecified atom stereocenters. The number of hydrogen-bond acceptors (Lipinski definition) is 3. The zero-order chi connectivity index (χ0) is 20.7. The van der Waals surface area contributed by atoms with Crippen LogP contribution < -0.4 is 10.6 Å².